The van der Waals surface area contributed by atoms with E-state index in [1.54, 1.807) is 0 Å². The molecule has 3 rings (SSSR count). The minimum Gasteiger partial charge on any atom is -0.368 e. The summed E-state index contributed by atoms with van der Waals surface area (Å²) in [4.78, 5) is 13.1. The maximum Gasteiger partial charge on any atom is 0.220 e. The number of nitrogens with zero attached hydrogens (tertiary/aromatic N) is 4. The summed E-state index contributed by atoms with van der Waals surface area (Å²) in [6, 6.07) is 0. The van der Waals surface area contributed by atoms with Gasteiger partial charge in [-0.15, -0.1) is 0 Å². The lowest BCUT2D eigenvalue weighted by atomic mass is 10.2. The Balaban J connectivity index is 2.25. The van der Waals surface area contributed by atoms with Gasteiger partial charge in [0.05, 0.1) is 17.1 Å². The molecule has 0 unspecified atom stereocenters. The Bertz CT molecular complexity index is 585. The van der Waals surface area contributed by atoms with Gasteiger partial charge in [-0.25, -0.2) is 15.0 Å². The van der Waals surface area contributed by atoms with Crippen LogP contribution in [0.25, 0.3) is 11.4 Å². The van der Waals surface area contributed by atoms with E-state index in [1.807, 2.05) is 6.20 Å². The lowest BCUT2D eigenvalue weighted by Crippen LogP contribution is -2.05. The number of rotatable bonds is 2. The molecule has 2 aromatic heterocycles. The first kappa shape index (κ1) is 10.3. The van der Waals surface area contributed by atoms with Crippen LogP contribution in [0.4, 0.5) is 5.95 Å². The predicted octanol–water partition coefficient (Wildman–Crippen LogP) is 1.41. The van der Waals surface area contributed by atoms with Crippen molar-refractivity contribution in [2.24, 2.45) is 0 Å². The molecule has 0 bridgehead atoms. The van der Waals surface area contributed by atoms with Crippen LogP contribution in [0.15, 0.2) is 6.20 Å². The maximum absolute atomic E-state index is 5.67. The van der Waals surface area contributed by atoms with Crippen molar-refractivity contribution in [3.63, 3.8) is 0 Å². The normalized spacial score (nSPS) is 12.6. The summed E-state index contributed by atoms with van der Waals surface area (Å²) in [5.74, 6) is 1.46. The fourth-order valence-corrected chi connectivity index (χ4v) is 2.49. The summed E-state index contributed by atoms with van der Waals surface area (Å²) in [7, 11) is 0. The van der Waals surface area contributed by atoms with Gasteiger partial charge in [0, 0.05) is 31.1 Å². The first-order valence-corrected chi connectivity index (χ1v) is 5.94. The quantitative estimate of drug-likeness (QED) is 0.721. The van der Waals surface area contributed by atoms with Gasteiger partial charge in [-0.3, -0.25) is 0 Å². The van der Waals surface area contributed by atoms with E-state index in [0.717, 1.165) is 47.9 Å². The molecule has 5 nitrogen and oxygen atoms in total. The lowest BCUT2D eigenvalue weighted by molar-refractivity contribution is 0.709. The molecule has 88 valence electrons. The van der Waals surface area contributed by atoms with Gasteiger partial charge in [0.1, 0.15) is 5.82 Å². The lowest BCUT2D eigenvalue weighted by Gasteiger charge is -2.08. The van der Waals surface area contributed by atoms with E-state index in [-0.39, 0.29) is 0 Å². The zero-order valence-corrected chi connectivity index (χ0v) is 10.1. The number of hydrogen-bond acceptors (Lipinski definition) is 4. The van der Waals surface area contributed by atoms with E-state index in [2.05, 4.69) is 33.4 Å². The van der Waals surface area contributed by atoms with Crippen LogP contribution in [0.1, 0.15) is 30.9 Å². The van der Waals surface area contributed by atoms with Crippen LogP contribution in [0.3, 0.4) is 0 Å². The number of hydrogen-bond donors (Lipinski definition) is 1. The van der Waals surface area contributed by atoms with Crippen molar-refractivity contribution in [1.82, 2.24) is 19.5 Å². The number of aromatic nitrogens is 4. The Morgan fingerprint density at radius 3 is 2.88 bits per heavy atom. The minimum absolute atomic E-state index is 0.332. The predicted molar refractivity (Wildman–Crippen MR) is 65.5 cm³/mol. The van der Waals surface area contributed by atoms with Crippen LogP contribution >= 0.6 is 0 Å². The topological polar surface area (TPSA) is 69.6 Å². The average molecular weight is 229 g/mol. The average Bonchev–Trinajstić information content (AvgIpc) is 2.84. The molecule has 0 aliphatic heterocycles. The van der Waals surface area contributed by atoms with Crippen molar-refractivity contribution in [3.8, 4) is 11.4 Å². The second-order valence-electron chi connectivity index (χ2n) is 4.20. The van der Waals surface area contributed by atoms with E-state index in [0.29, 0.717) is 5.95 Å². The van der Waals surface area contributed by atoms with Gasteiger partial charge in [-0.1, -0.05) is 6.92 Å². The first-order chi connectivity index (χ1) is 8.24. The van der Waals surface area contributed by atoms with Gasteiger partial charge < -0.3 is 10.3 Å². The fourth-order valence-electron chi connectivity index (χ4n) is 2.49. The van der Waals surface area contributed by atoms with E-state index >= 15 is 0 Å². The van der Waals surface area contributed by atoms with Gasteiger partial charge >= 0.3 is 0 Å². The third kappa shape index (κ3) is 1.35. The van der Waals surface area contributed by atoms with Gasteiger partial charge in [0.2, 0.25) is 5.95 Å². The Hall–Kier alpha value is -1.91. The second kappa shape index (κ2) is 3.55. The van der Waals surface area contributed by atoms with Crippen LogP contribution in [-0.2, 0) is 19.4 Å². The summed E-state index contributed by atoms with van der Waals surface area (Å²) in [6.07, 6.45) is 3.58. The Labute approximate surface area is 99.7 Å². The number of fused-ring (bicyclic) bond motifs is 3. The number of nitrogens with two attached hydrogens (primary N) is 1. The summed E-state index contributed by atoms with van der Waals surface area (Å²) in [5.41, 5.74) is 10.00. The molecule has 5 heteroatoms. The molecule has 0 aromatic carbocycles. The molecule has 0 amide bonds. The van der Waals surface area contributed by atoms with E-state index in [1.165, 1.54) is 0 Å². The molecule has 2 aromatic rings. The van der Waals surface area contributed by atoms with Crippen LogP contribution in [0.5, 0.6) is 0 Å². The third-order valence-electron chi connectivity index (χ3n) is 3.22. The fraction of sp³-hybridized carbons (Fsp3) is 0.417. The molecule has 0 saturated carbocycles. The zero-order valence-electron chi connectivity index (χ0n) is 10.1. The molecular formula is C12H15N5. The molecular weight excluding hydrogens is 214 g/mol. The highest BCUT2D eigenvalue weighted by Gasteiger charge is 2.27. The minimum atomic E-state index is 0.332. The van der Waals surface area contributed by atoms with Gasteiger partial charge in [0.25, 0.3) is 0 Å². The molecule has 1 aliphatic rings. The standard InChI is InChI=1S/C12H15N5/c1-3-9-15-8-5-7-6-14-12(13)16-10(7)11(8)17(9)4-2/h6H,3-5H2,1-2H3,(H2,13,14,16). The number of anilines is 1. The van der Waals surface area contributed by atoms with Crippen molar-refractivity contribution in [2.75, 3.05) is 5.73 Å². The van der Waals surface area contributed by atoms with Gasteiger partial charge in [-0.2, -0.15) is 0 Å². The molecule has 0 atom stereocenters. The van der Waals surface area contributed by atoms with Crippen molar-refractivity contribution in [1.29, 1.82) is 0 Å². The molecule has 0 fully saturated rings. The SMILES string of the molecule is CCc1nc2c(n1CC)-c1nc(N)ncc1C2. The van der Waals surface area contributed by atoms with Gasteiger partial charge in [0.15, 0.2) is 0 Å². The van der Waals surface area contributed by atoms with Crippen LogP contribution in [-0.4, -0.2) is 19.5 Å². The molecule has 0 radical (unpaired) electrons. The van der Waals surface area contributed by atoms with Crippen LogP contribution < -0.4 is 5.73 Å². The Morgan fingerprint density at radius 1 is 1.35 bits per heavy atom. The zero-order chi connectivity index (χ0) is 12.0. The number of aryl methyl sites for hydroxylation is 1. The third-order valence-corrected chi connectivity index (χ3v) is 3.22. The molecule has 1 aliphatic carbocycles. The molecule has 0 saturated heterocycles. The summed E-state index contributed by atoms with van der Waals surface area (Å²) < 4.78 is 2.23. The van der Waals surface area contributed by atoms with Gasteiger partial charge in [-0.05, 0) is 6.92 Å². The molecule has 17 heavy (non-hydrogen) atoms. The van der Waals surface area contributed by atoms with E-state index in [9.17, 15) is 0 Å². The number of nitrogen functional groups attached to an aromatic ring is 1. The van der Waals surface area contributed by atoms with Crippen molar-refractivity contribution in [2.45, 2.75) is 33.2 Å². The Kier molecular flexibility index (Phi) is 2.14. The van der Waals surface area contributed by atoms with Crippen LogP contribution in [0, 0.1) is 0 Å². The summed E-state index contributed by atoms with van der Waals surface area (Å²) >= 11 is 0. The van der Waals surface area contributed by atoms with E-state index in [4.69, 9.17) is 5.73 Å². The highest BCUT2D eigenvalue weighted by Crippen LogP contribution is 2.35. The highest BCUT2D eigenvalue weighted by molar-refractivity contribution is 5.70. The number of imidazole rings is 1. The van der Waals surface area contributed by atoms with Crippen molar-refractivity contribution in [3.05, 3.63) is 23.3 Å². The first-order valence-electron chi connectivity index (χ1n) is 5.94. The van der Waals surface area contributed by atoms with Crippen molar-refractivity contribution >= 4 is 5.95 Å². The van der Waals surface area contributed by atoms with Crippen molar-refractivity contribution < 1.29 is 0 Å². The summed E-state index contributed by atoms with van der Waals surface area (Å²) in [6.45, 7) is 5.16. The Morgan fingerprint density at radius 2 is 2.18 bits per heavy atom. The van der Waals surface area contributed by atoms with Crippen LogP contribution in [0.2, 0.25) is 0 Å². The largest absolute Gasteiger partial charge is 0.368 e. The second-order valence-corrected chi connectivity index (χ2v) is 4.20. The van der Waals surface area contributed by atoms with E-state index < -0.39 is 0 Å². The maximum atomic E-state index is 5.67. The molecule has 0 spiro atoms. The molecule has 2 N–H and O–H groups in total. The molecule has 2 heterocycles. The highest BCUT2D eigenvalue weighted by atomic mass is 15.1. The summed E-state index contributed by atoms with van der Waals surface area (Å²) in [5, 5.41) is 0. The monoisotopic (exact) mass is 229 g/mol. The smallest absolute Gasteiger partial charge is 0.220 e.